The lowest BCUT2D eigenvalue weighted by Crippen LogP contribution is -2.26. The second-order valence-electron chi connectivity index (χ2n) is 6.45. The van der Waals surface area contributed by atoms with Gasteiger partial charge in [0.25, 0.3) is 0 Å². The van der Waals surface area contributed by atoms with E-state index in [4.69, 9.17) is 0 Å². The smallest absolute Gasteiger partial charge is 0.146 e. The van der Waals surface area contributed by atoms with Crippen LogP contribution in [0.3, 0.4) is 0 Å². The molecule has 0 unspecified atom stereocenters. The molecule has 0 aliphatic carbocycles. The monoisotopic (exact) mass is 291 g/mol. The van der Waals surface area contributed by atoms with Gasteiger partial charge in [-0.1, -0.05) is 37.3 Å². The Hall–Kier alpha value is -2.34. The van der Waals surface area contributed by atoms with Crippen LogP contribution in [-0.2, 0) is 6.42 Å². The van der Waals surface area contributed by atoms with Gasteiger partial charge in [0.05, 0.1) is 5.56 Å². The molecule has 1 aromatic carbocycles. The van der Waals surface area contributed by atoms with E-state index < -0.39 is 0 Å². The van der Waals surface area contributed by atoms with Gasteiger partial charge in [-0.2, -0.15) is 5.26 Å². The van der Waals surface area contributed by atoms with Crippen molar-refractivity contribution in [3.63, 3.8) is 0 Å². The Bertz CT molecular complexity index is 675. The second kappa shape index (κ2) is 6.19. The van der Waals surface area contributed by atoms with Crippen LogP contribution in [-0.4, -0.2) is 18.1 Å². The molecule has 3 rings (SSSR count). The minimum absolute atomic E-state index is 0.292. The molecule has 1 aliphatic heterocycles. The van der Waals surface area contributed by atoms with Gasteiger partial charge in [-0.05, 0) is 42.4 Å². The lowest BCUT2D eigenvalue weighted by molar-refractivity contribution is 0.339. The summed E-state index contributed by atoms with van der Waals surface area (Å²) in [6.45, 7) is 4.31. The molecule has 0 saturated carbocycles. The Morgan fingerprint density at radius 2 is 2.05 bits per heavy atom. The van der Waals surface area contributed by atoms with Gasteiger partial charge in [0.2, 0.25) is 0 Å². The molecule has 1 aromatic heterocycles. The predicted molar refractivity (Wildman–Crippen MR) is 88.7 cm³/mol. The number of aromatic nitrogens is 1. The van der Waals surface area contributed by atoms with Gasteiger partial charge in [-0.25, -0.2) is 4.98 Å². The van der Waals surface area contributed by atoms with E-state index in [1.807, 2.05) is 12.1 Å². The third kappa shape index (κ3) is 3.12. The molecule has 2 aromatic rings. The van der Waals surface area contributed by atoms with Crippen LogP contribution >= 0.6 is 0 Å². The molecule has 22 heavy (non-hydrogen) atoms. The fraction of sp³-hybridized carbons (Fsp3) is 0.368. The number of nitrogens with zero attached hydrogens (tertiary/aromatic N) is 3. The van der Waals surface area contributed by atoms with Crippen LogP contribution in [0.5, 0.6) is 0 Å². The van der Waals surface area contributed by atoms with Crippen LogP contribution in [0.1, 0.15) is 30.9 Å². The average Bonchev–Trinajstić information content (AvgIpc) is 2.97. The lowest BCUT2D eigenvalue weighted by atomic mass is 9.83. The van der Waals surface area contributed by atoms with Crippen molar-refractivity contribution < 1.29 is 0 Å². The first-order valence-corrected chi connectivity index (χ1v) is 7.84. The Morgan fingerprint density at radius 1 is 1.23 bits per heavy atom. The van der Waals surface area contributed by atoms with Crippen molar-refractivity contribution in [1.29, 1.82) is 5.26 Å². The fourth-order valence-electron chi connectivity index (χ4n) is 3.24. The summed E-state index contributed by atoms with van der Waals surface area (Å²) in [6.07, 6.45) is 5.21. The molecule has 1 aliphatic rings. The zero-order valence-corrected chi connectivity index (χ0v) is 13.0. The van der Waals surface area contributed by atoms with Gasteiger partial charge >= 0.3 is 0 Å². The third-order valence-electron chi connectivity index (χ3n) is 4.62. The van der Waals surface area contributed by atoms with Crippen molar-refractivity contribution in [1.82, 2.24) is 4.98 Å². The van der Waals surface area contributed by atoms with Crippen LogP contribution in [0.15, 0.2) is 48.7 Å². The highest BCUT2D eigenvalue weighted by Gasteiger charge is 2.34. The van der Waals surface area contributed by atoms with Gasteiger partial charge in [0.1, 0.15) is 11.9 Å². The van der Waals surface area contributed by atoms with Gasteiger partial charge in [0, 0.05) is 19.3 Å². The highest BCUT2D eigenvalue weighted by atomic mass is 15.2. The van der Waals surface area contributed by atoms with E-state index in [-0.39, 0.29) is 0 Å². The zero-order valence-electron chi connectivity index (χ0n) is 13.0. The number of anilines is 1. The van der Waals surface area contributed by atoms with Crippen molar-refractivity contribution >= 4 is 5.82 Å². The summed E-state index contributed by atoms with van der Waals surface area (Å²) < 4.78 is 0. The van der Waals surface area contributed by atoms with E-state index in [0.29, 0.717) is 11.0 Å². The van der Waals surface area contributed by atoms with Crippen LogP contribution in [0, 0.1) is 16.7 Å². The lowest BCUT2D eigenvalue weighted by Gasteiger charge is -2.25. The van der Waals surface area contributed by atoms with E-state index in [2.05, 4.69) is 53.2 Å². The molecule has 0 amide bonds. The summed E-state index contributed by atoms with van der Waals surface area (Å²) in [7, 11) is 0. The van der Waals surface area contributed by atoms with Crippen LogP contribution < -0.4 is 4.90 Å². The SMILES string of the molecule is C[C@@]1(CCc2ccccc2)CCN(c2ncccc2C#N)C1. The van der Waals surface area contributed by atoms with E-state index >= 15 is 0 Å². The molecule has 1 atom stereocenters. The van der Waals surface area contributed by atoms with Crippen LogP contribution in [0.4, 0.5) is 5.82 Å². The van der Waals surface area contributed by atoms with Gasteiger partial charge < -0.3 is 4.90 Å². The summed E-state index contributed by atoms with van der Waals surface area (Å²) in [5.74, 6) is 0.841. The van der Waals surface area contributed by atoms with Crippen molar-refractivity contribution in [2.24, 2.45) is 5.41 Å². The molecule has 1 fully saturated rings. The minimum atomic E-state index is 0.292. The predicted octanol–water partition coefficient (Wildman–Crippen LogP) is 3.80. The Balaban J connectivity index is 1.67. The first-order chi connectivity index (χ1) is 10.7. The molecule has 0 spiro atoms. The molecule has 112 valence electrons. The second-order valence-corrected chi connectivity index (χ2v) is 6.45. The fourth-order valence-corrected chi connectivity index (χ4v) is 3.24. The van der Waals surface area contributed by atoms with Crippen molar-refractivity contribution in [3.05, 3.63) is 59.8 Å². The molecule has 0 bridgehead atoms. The maximum atomic E-state index is 9.24. The quantitative estimate of drug-likeness (QED) is 0.860. The van der Waals surface area contributed by atoms with E-state index in [9.17, 15) is 5.26 Å². The molecule has 3 heteroatoms. The number of benzene rings is 1. The molecule has 1 saturated heterocycles. The topological polar surface area (TPSA) is 39.9 Å². The molecule has 0 N–H and O–H groups in total. The summed E-state index contributed by atoms with van der Waals surface area (Å²) in [6, 6.07) is 16.6. The van der Waals surface area contributed by atoms with E-state index in [1.54, 1.807) is 6.20 Å². The highest BCUT2D eigenvalue weighted by molar-refractivity contribution is 5.54. The maximum absolute atomic E-state index is 9.24. The summed E-state index contributed by atoms with van der Waals surface area (Å²) in [5, 5.41) is 9.24. The Kier molecular flexibility index (Phi) is 4.11. The first kappa shape index (κ1) is 14.6. The average molecular weight is 291 g/mol. The van der Waals surface area contributed by atoms with Crippen LogP contribution in [0.25, 0.3) is 0 Å². The Morgan fingerprint density at radius 3 is 2.82 bits per heavy atom. The molecular formula is C19H21N3. The normalized spacial score (nSPS) is 20.8. The number of aryl methyl sites for hydroxylation is 1. The number of hydrogen-bond acceptors (Lipinski definition) is 3. The third-order valence-corrected chi connectivity index (χ3v) is 4.62. The van der Waals surface area contributed by atoms with Crippen LogP contribution in [0.2, 0.25) is 0 Å². The largest absolute Gasteiger partial charge is 0.355 e. The van der Waals surface area contributed by atoms with Crippen molar-refractivity contribution in [2.75, 3.05) is 18.0 Å². The minimum Gasteiger partial charge on any atom is -0.355 e. The molecular weight excluding hydrogens is 270 g/mol. The van der Waals surface area contributed by atoms with E-state index in [0.717, 1.165) is 31.7 Å². The van der Waals surface area contributed by atoms with E-state index in [1.165, 1.54) is 12.0 Å². The molecule has 3 nitrogen and oxygen atoms in total. The maximum Gasteiger partial charge on any atom is 0.146 e. The summed E-state index contributed by atoms with van der Waals surface area (Å²) >= 11 is 0. The van der Waals surface area contributed by atoms with Gasteiger partial charge in [-0.3, -0.25) is 0 Å². The van der Waals surface area contributed by atoms with Crippen molar-refractivity contribution in [2.45, 2.75) is 26.2 Å². The first-order valence-electron chi connectivity index (χ1n) is 7.84. The molecule has 2 heterocycles. The summed E-state index contributed by atoms with van der Waals surface area (Å²) in [5.41, 5.74) is 2.37. The number of rotatable bonds is 4. The van der Waals surface area contributed by atoms with Crippen molar-refractivity contribution in [3.8, 4) is 6.07 Å². The molecule has 0 radical (unpaired) electrons. The highest BCUT2D eigenvalue weighted by Crippen LogP contribution is 2.37. The Labute approximate surface area is 132 Å². The number of hydrogen-bond donors (Lipinski definition) is 0. The van der Waals surface area contributed by atoms with Gasteiger partial charge in [0.15, 0.2) is 0 Å². The van der Waals surface area contributed by atoms with Gasteiger partial charge in [-0.15, -0.1) is 0 Å². The number of nitriles is 1. The summed E-state index contributed by atoms with van der Waals surface area (Å²) in [4.78, 5) is 6.69. The zero-order chi connectivity index (χ0) is 15.4. The number of pyridine rings is 1. The standard InChI is InChI=1S/C19H21N3/c1-19(10-9-16-6-3-2-4-7-16)11-13-22(15-19)18-17(14-20)8-5-12-21-18/h2-8,12H,9-11,13,15H2,1H3/t19-/m1/s1.